The second kappa shape index (κ2) is 9.96. The van der Waals surface area contributed by atoms with Crippen LogP contribution in [0.5, 0.6) is 5.75 Å². The number of aromatic hydroxyl groups is 1. The first-order valence-corrected chi connectivity index (χ1v) is 10.1. The minimum Gasteiger partial charge on any atom is -0.506 e. The second-order valence-electron chi connectivity index (χ2n) is 7.98. The van der Waals surface area contributed by atoms with Gasteiger partial charge in [-0.2, -0.15) is 5.26 Å². The standard InChI is InChI=1S/C23H25N3O3.BrH/c24-14-15-5-7-17(8-6-15)22(13-16-11-18-9-10-19(12-16)25-18)29-23(28)26-20-3-1-2-4-21(20)27;/h1-8,16,18-19,22,25,27H,9-13H2,(H,26,28);1H. The molecular weight excluding hydrogens is 446 g/mol. The highest BCUT2D eigenvalue weighted by molar-refractivity contribution is 8.93. The quantitative estimate of drug-likeness (QED) is 0.530. The Balaban J connectivity index is 0.00000256. The maximum Gasteiger partial charge on any atom is 0.412 e. The lowest BCUT2D eigenvalue weighted by Gasteiger charge is -2.31. The number of piperidine rings is 1. The van der Waals surface area contributed by atoms with Crippen LogP contribution in [0.2, 0.25) is 0 Å². The van der Waals surface area contributed by atoms with E-state index >= 15 is 0 Å². The lowest BCUT2D eigenvalue weighted by molar-refractivity contribution is 0.0857. The average Bonchev–Trinajstić information content (AvgIpc) is 3.07. The van der Waals surface area contributed by atoms with Gasteiger partial charge in [0, 0.05) is 12.1 Å². The lowest BCUT2D eigenvalue weighted by Crippen LogP contribution is -2.38. The van der Waals surface area contributed by atoms with E-state index in [1.807, 2.05) is 12.1 Å². The molecular formula is C23H26BrN3O3. The van der Waals surface area contributed by atoms with Crippen molar-refractivity contribution in [1.29, 1.82) is 5.26 Å². The molecule has 2 heterocycles. The molecule has 3 atom stereocenters. The third-order valence-electron chi connectivity index (χ3n) is 5.92. The smallest absolute Gasteiger partial charge is 0.412 e. The van der Waals surface area contributed by atoms with Crippen molar-refractivity contribution in [2.75, 3.05) is 5.32 Å². The van der Waals surface area contributed by atoms with E-state index in [-0.39, 0.29) is 22.7 Å². The first-order valence-electron chi connectivity index (χ1n) is 10.1. The molecule has 6 nitrogen and oxygen atoms in total. The number of anilines is 1. The fraction of sp³-hybridized carbons (Fsp3) is 0.391. The number of hydrogen-bond acceptors (Lipinski definition) is 5. The number of carbonyl (C=O) groups is 1. The summed E-state index contributed by atoms with van der Waals surface area (Å²) in [5.74, 6) is 0.474. The van der Waals surface area contributed by atoms with Gasteiger partial charge in [0.1, 0.15) is 11.9 Å². The van der Waals surface area contributed by atoms with Crippen LogP contribution in [0.25, 0.3) is 0 Å². The van der Waals surface area contributed by atoms with E-state index in [9.17, 15) is 9.90 Å². The molecule has 1 amide bonds. The molecule has 2 fully saturated rings. The van der Waals surface area contributed by atoms with E-state index in [1.165, 1.54) is 18.9 Å². The van der Waals surface area contributed by atoms with Crippen LogP contribution < -0.4 is 10.6 Å². The molecule has 0 radical (unpaired) electrons. The van der Waals surface area contributed by atoms with Crippen molar-refractivity contribution in [1.82, 2.24) is 5.32 Å². The number of para-hydroxylation sites is 2. The highest BCUT2D eigenvalue weighted by atomic mass is 79.9. The number of phenols is 1. The van der Waals surface area contributed by atoms with Gasteiger partial charge in [-0.3, -0.25) is 5.32 Å². The number of benzene rings is 2. The Hall–Kier alpha value is -2.56. The maximum absolute atomic E-state index is 12.5. The molecule has 2 aromatic rings. The number of halogens is 1. The maximum atomic E-state index is 12.5. The van der Waals surface area contributed by atoms with Crippen molar-refractivity contribution < 1.29 is 14.6 Å². The summed E-state index contributed by atoms with van der Waals surface area (Å²) in [5, 5.41) is 25.2. The van der Waals surface area contributed by atoms with E-state index in [0.29, 0.717) is 29.3 Å². The van der Waals surface area contributed by atoms with E-state index < -0.39 is 12.2 Å². The van der Waals surface area contributed by atoms with Gasteiger partial charge in [0.2, 0.25) is 0 Å². The molecule has 0 aromatic heterocycles. The van der Waals surface area contributed by atoms with E-state index in [1.54, 1.807) is 30.3 Å². The fourth-order valence-corrected chi connectivity index (χ4v) is 4.54. The van der Waals surface area contributed by atoms with Crippen molar-refractivity contribution in [3.63, 3.8) is 0 Å². The van der Waals surface area contributed by atoms with Crippen molar-refractivity contribution in [2.24, 2.45) is 5.92 Å². The molecule has 2 bridgehead atoms. The van der Waals surface area contributed by atoms with E-state index in [2.05, 4.69) is 16.7 Å². The third-order valence-corrected chi connectivity index (χ3v) is 5.92. The van der Waals surface area contributed by atoms with Gasteiger partial charge in [0.05, 0.1) is 17.3 Å². The molecule has 0 aliphatic carbocycles. The summed E-state index contributed by atoms with van der Waals surface area (Å²) in [5.41, 5.74) is 1.77. The molecule has 2 aliphatic heterocycles. The average molecular weight is 472 g/mol. The Bertz CT molecular complexity index is 901. The number of amides is 1. The monoisotopic (exact) mass is 471 g/mol. The Kier molecular flexibility index (Phi) is 7.35. The van der Waals surface area contributed by atoms with Gasteiger partial charge in [-0.15, -0.1) is 17.0 Å². The van der Waals surface area contributed by atoms with Gasteiger partial charge in [0.15, 0.2) is 0 Å². The first kappa shape index (κ1) is 22.1. The van der Waals surface area contributed by atoms with Crippen LogP contribution in [0.15, 0.2) is 48.5 Å². The number of nitrogens with zero attached hydrogens (tertiary/aromatic N) is 1. The summed E-state index contributed by atoms with van der Waals surface area (Å²) < 4.78 is 5.80. The summed E-state index contributed by atoms with van der Waals surface area (Å²) in [7, 11) is 0. The topological polar surface area (TPSA) is 94.4 Å². The highest BCUT2D eigenvalue weighted by Gasteiger charge is 2.35. The molecule has 2 aromatic carbocycles. The number of nitrogens with one attached hydrogen (secondary N) is 2. The number of phenolic OH excluding ortho intramolecular Hbond substituents is 1. The zero-order valence-electron chi connectivity index (χ0n) is 16.6. The molecule has 0 spiro atoms. The summed E-state index contributed by atoms with van der Waals surface area (Å²) in [4.78, 5) is 12.5. The molecule has 3 unspecified atom stereocenters. The molecule has 2 aliphatic rings. The van der Waals surface area contributed by atoms with E-state index in [0.717, 1.165) is 24.8 Å². The minimum absolute atomic E-state index is 0. The normalized spacial score (nSPS) is 23.0. The molecule has 4 rings (SSSR count). The minimum atomic E-state index is -0.599. The summed E-state index contributed by atoms with van der Waals surface area (Å²) >= 11 is 0. The van der Waals surface area contributed by atoms with Crippen molar-refractivity contribution in [2.45, 2.75) is 50.3 Å². The van der Waals surface area contributed by atoms with Crippen LogP contribution in [-0.2, 0) is 4.74 Å². The number of hydrogen-bond donors (Lipinski definition) is 3. The molecule has 7 heteroatoms. The Morgan fingerprint density at radius 3 is 2.47 bits per heavy atom. The van der Waals surface area contributed by atoms with Gasteiger partial charge in [-0.05, 0) is 67.9 Å². The van der Waals surface area contributed by atoms with Crippen molar-refractivity contribution in [3.8, 4) is 11.8 Å². The van der Waals surface area contributed by atoms with Crippen LogP contribution in [0.4, 0.5) is 10.5 Å². The largest absolute Gasteiger partial charge is 0.506 e. The van der Waals surface area contributed by atoms with Crippen molar-refractivity contribution >= 4 is 28.8 Å². The fourth-order valence-electron chi connectivity index (χ4n) is 4.54. The third kappa shape index (κ3) is 5.32. The SMILES string of the molecule is Br.N#Cc1ccc(C(CC2CC3CCC(C2)N3)OC(=O)Nc2ccccc2O)cc1. The molecule has 30 heavy (non-hydrogen) atoms. The molecule has 3 N–H and O–H groups in total. The zero-order valence-corrected chi connectivity index (χ0v) is 18.3. The van der Waals surface area contributed by atoms with E-state index in [4.69, 9.17) is 10.00 Å². The lowest BCUT2D eigenvalue weighted by atomic mass is 9.86. The van der Waals surface area contributed by atoms with Crippen molar-refractivity contribution in [3.05, 3.63) is 59.7 Å². The summed E-state index contributed by atoms with van der Waals surface area (Å²) in [6.07, 6.45) is 4.36. The molecule has 2 saturated heterocycles. The number of rotatable bonds is 5. The zero-order chi connectivity index (χ0) is 20.2. The first-order chi connectivity index (χ1) is 14.1. The number of nitriles is 1. The summed E-state index contributed by atoms with van der Waals surface area (Å²) in [6.45, 7) is 0. The van der Waals surface area contributed by atoms with Gasteiger partial charge < -0.3 is 15.2 Å². The number of fused-ring (bicyclic) bond motifs is 2. The van der Waals surface area contributed by atoms with Crippen LogP contribution in [0.1, 0.15) is 49.3 Å². The molecule has 0 saturated carbocycles. The Labute approximate surface area is 187 Å². The predicted molar refractivity (Wildman–Crippen MR) is 120 cm³/mol. The van der Waals surface area contributed by atoms with Crippen LogP contribution in [0, 0.1) is 17.2 Å². The predicted octanol–water partition coefficient (Wildman–Crippen LogP) is 5.05. The van der Waals surface area contributed by atoms with Crippen LogP contribution >= 0.6 is 17.0 Å². The van der Waals surface area contributed by atoms with Gasteiger partial charge in [0.25, 0.3) is 0 Å². The number of ether oxygens (including phenoxy) is 1. The summed E-state index contributed by atoms with van der Waals surface area (Å²) in [6, 6.07) is 17.0. The Morgan fingerprint density at radius 2 is 1.83 bits per heavy atom. The number of carbonyl (C=O) groups excluding carboxylic acids is 1. The molecule has 158 valence electrons. The Morgan fingerprint density at radius 1 is 1.17 bits per heavy atom. The second-order valence-corrected chi connectivity index (χ2v) is 7.98. The highest BCUT2D eigenvalue weighted by Crippen LogP contribution is 2.37. The van der Waals surface area contributed by atoms with Crippen LogP contribution in [0.3, 0.4) is 0 Å². The van der Waals surface area contributed by atoms with Gasteiger partial charge in [-0.25, -0.2) is 4.79 Å². The van der Waals surface area contributed by atoms with Gasteiger partial charge in [-0.1, -0.05) is 24.3 Å². The van der Waals surface area contributed by atoms with Gasteiger partial charge >= 0.3 is 6.09 Å². The van der Waals surface area contributed by atoms with Crippen LogP contribution in [-0.4, -0.2) is 23.3 Å².